The van der Waals surface area contributed by atoms with E-state index in [2.05, 4.69) is 9.97 Å². The summed E-state index contributed by atoms with van der Waals surface area (Å²) in [5.41, 5.74) is 0.715. The fourth-order valence-corrected chi connectivity index (χ4v) is 3.47. The fourth-order valence-electron chi connectivity index (χ4n) is 3.31. The Bertz CT molecular complexity index is 1350. The number of carbonyl (C=O) groups excluding carboxylic acids is 1. The van der Waals surface area contributed by atoms with E-state index in [0.29, 0.717) is 10.9 Å². The Balaban J connectivity index is 1.50. The number of aromatic amines is 1. The van der Waals surface area contributed by atoms with Gasteiger partial charge in [-0.15, -0.1) is 0 Å². The largest absolute Gasteiger partial charge is 0.478 e. The Morgan fingerprint density at radius 1 is 1.12 bits per heavy atom. The molecule has 0 bridgehead atoms. The number of nitrogens with one attached hydrogen (secondary N) is 1. The lowest BCUT2D eigenvalue weighted by Crippen LogP contribution is -2.12. The first-order valence-corrected chi connectivity index (χ1v) is 9.84. The third-order valence-electron chi connectivity index (χ3n) is 4.88. The van der Waals surface area contributed by atoms with Crippen molar-refractivity contribution in [1.29, 1.82) is 0 Å². The van der Waals surface area contributed by atoms with Crippen LogP contribution in [0.4, 0.5) is 8.78 Å². The zero-order valence-corrected chi connectivity index (χ0v) is 17.1. The summed E-state index contributed by atoms with van der Waals surface area (Å²) in [7, 11) is 0. The van der Waals surface area contributed by atoms with E-state index in [0.717, 1.165) is 12.1 Å². The van der Waals surface area contributed by atoms with Crippen LogP contribution in [0.15, 0.2) is 54.7 Å². The summed E-state index contributed by atoms with van der Waals surface area (Å²) in [6.45, 7) is -0.213. The van der Waals surface area contributed by atoms with Gasteiger partial charge in [-0.3, -0.25) is 0 Å². The highest BCUT2D eigenvalue weighted by atomic mass is 35.5. The minimum Gasteiger partial charge on any atom is -0.478 e. The van der Waals surface area contributed by atoms with Gasteiger partial charge in [-0.05, 0) is 42.0 Å². The van der Waals surface area contributed by atoms with E-state index < -0.39 is 23.6 Å². The minimum absolute atomic E-state index is 0.0424. The van der Waals surface area contributed by atoms with Crippen LogP contribution in [0, 0.1) is 11.6 Å². The highest BCUT2D eigenvalue weighted by Crippen LogP contribution is 2.27. The third-order valence-corrected chi connectivity index (χ3v) is 5.17. The van der Waals surface area contributed by atoms with Crippen molar-refractivity contribution in [3.05, 3.63) is 88.2 Å². The standard InChI is InChI=1S/C23H15ClF2N2O4/c24-16-11-15(22(29)30)13(10-17(16)25)7-9-32-23(31)19-3-1-2-18(28-19)14-5-4-12-6-8-27-21(12)20(14)26/h1-6,8,10-11,27H,7,9H2,(H,29,30). The maximum absolute atomic E-state index is 14.8. The summed E-state index contributed by atoms with van der Waals surface area (Å²) >= 11 is 5.64. The molecule has 0 aliphatic heterocycles. The number of esters is 1. The van der Waals surface area contributed by atoms with Gasteiger partial charge in [0.2, 0.25) is 0 Å². The quantitative estimate of drug-likeness (QED) is 0.386. The molecule has 6 nitrogen and oxygen atoms in total. The molecular formula is C23H15ClF2N2O4. The van der Waals surface area contributed by atoms with Crippen LogP contribution in [0.2, 0.25) is 5.02 Å². The predicted octanol–water partition coefficient (Wildman–Crippen LogP) is 5.26. The molecule has 0 spiro atoms. The molecule has 0 aliphatic carbocycles. The molecule has 0 aliphatic rings. The minimum atomic E-state index is -1.27. The number of ether oxygens (including phenoxy) is 1. The average molecular weight is 457 g/mol. The molecule has 0 fully saturated rings. The van der Waals surface area contributed by atoms with Crippen molar-refractivity contribution in [3.8, 4) is 11.3 Å². The second-order valence-electron chi connectivity index (χ2n) is 6.89. The third kappa shape index (κ3) is 4.17. The number of aromatic carboxylic acids is 1. The SMILES string of the molecule is O=C(OCCc1cc(F)c(Cl)cc1C(=O)O)c1cccc(-c2ccc3cc[nH]c3c2F)n1. The Morgan fingerprint density at radius 3 is 2.72 bits per heavy atom. The molecule has 2 heterocycles. The van der Waals surface area contributed by atoms with Crippen LogP contribution in [0.3, 0.4) is 0 Å². The number of H-pyrrole nitrogens is 1. The normalized spacial score (nSPS) is 11.0. The maximum atomic E-state index is 14.8. The van der Waals surface area contributed by atoms with E-state index in [1.807, 2.05) is 0 Å². The van der Waals surface area contributed by atoms with Crippen LogP contribution in [-0.4, -0.2) is 33.6 Å². The van der Waals surface area contributed by atoms with Crippen LogP contribution in [0.5, 0.6) is 0 Å². The molecule has 2 aromatic carbocycles. The van der Waals surface area contributed by atoms with Gasteiger partial charge < -0.3 is 14.8 Å². The molecule has 0 unspecified atom stereocenters. The first-order chi connectivity index (χ1) is 15.3. The van der Waals surface area contributed by atoms with Gasteiger partial charge in [0.1, 0.15) is 11.5 Å². The monoisotopic (exact) mass is 456 g/mol. The first-order valence-electron chi connectivity index (χ1n) is 9.46. The Hall–Kier alpha value is -3.78. The average Bonchev–Trinajstić information content (AvgIpc) is 3.26. The second-order valence-corrected chi connectivity index (χ2v) is 7.30. The number of carboxylic acids is 1. The number of hydrogen-bond donors (Lipinski definition) is 2. The van der Waals surface area contributed by atoms with E-state index in [9.17, 15) is 23.5 Å². The Kier molecular flexibility index (Phi) is 5.87. The molecule has 4 rings (SSSR count). The lowest BCUT2D eigenvalue weighted by Gasteiger charge is -2.09. The molecule has 0 atom stereocenters. The van der Waals surface area contributed by atoms with Gasteiger partial charge in [0.15, 0.2) is 5.82 Å². The Labute approximate surface area is 185 Å². The van der Waals surface area contributed by atoms with Crippen molar-refractivity contribution in [2.75, 3.05) is 6.61 Å². The number of carboxylic acid groups (broad SMARTS) is 1. The fraction of sp³-hybridized carbons (Fsp3) is 0.0870. The van der Waals surface area contributed by atoms with Crippen LogP contribution in [-0.2, 0) is 11.2 Å². The van der Waals surface area contributed by atoms with Crippen LogP contribution in [0.1, 0.15) is 26.4 Å². The molecule has 2 N–H and O–H groups in total. The maximum Gasteiger partial charge on any atom is 0.356 e. The lowest BCUT2D eigenvalue weighted by molar-refractivity contribution is 0.0502. The number of nitrogens with zero attached hydrogens (tertiary/aromatic N) is 1. The number of aromatic nitrogens is 2. The van der Waals surface area contributed by atoms with Crippen molar-refractivity contribution in [3.63, 3.8) is 0 Å². The summed E-state index contributed by atoms with van der Waals surface area (Å²) in [5, 5.41) is 9.65. The molecule has 0 saturated heterocycles. The number of carbonyl (C=O) groups is 2. The molecule has 2 aromatic heterocycles. The first kappa shape index (κ1) is 21.5. The summed E-state index contributed by atoms with van der Waals surface area (Å²) in [4.78, 5) is 30.8. The van der Waals surface area contributed by atoms with E-state index in [-0.39, 0.29) is 46.1 Å². The number of halogens is 3. The van der Waals surface area contributed by atoms with Gasteiger partial charge in [0.25, 0.3) is 0 Å². The van der Waals surface area contributed by atoms with E-state index >= 15 is 0 Å². The molecule has 0 saturated carbocycles. The zero-order valence-electron chi connectivity index (χ0n) is 16.4. The predicted molar refractivity (Wildman–Crippen MR) is 114 cm³/mol. The van der Waals surface area contributed by atoms with E-state index in [1.54, 1.807) is 36.5 Å². The number of benzene rings is 2. The second kappa shape index (κ2) is 8.76. The topological polar surface area (TPSA) is 92.3 Å². The van der Waals surface area contributed by atoms with Gasteiger partial charge in [-0.25, -0.2) is 23.4 Å². The van der Waals surface area contributed by atoms with Gasteiger partial charge in [-0.2, -0.15) is 0 Å². The number of rotatable bonds is 6. The summed E-state index contributed by atoms with van der Waals surface area (Å²) < 4.78 is 33.7. The molecule has 32 heavy (non-hydrogen) atoms. The molecule has 4 aromatic rings. The summed E-state index contributed by atoms with van der Waals surface area (Å²) in [6.07, 6.45) is 1.58. The van der Waals surface area contributed by atoms with E-state index in [4.69, 9.17) is 16.3 Å². The lowest BCUT2D eigenvalue weighted by atomic mass is 10.0. The van der Waals surface area contributed by atoms with Gasteiger partial charge in [0.05, 0.1) is 28.4 Å². The zero-order chi connectivity index (χ0) is 22.8. The molecule has 9 heteroatoms. The van der Waals surface area contributed by atoms with Crippen molar-refractivity contribution in [1.82, 2.24) is 9.97 Å². The molecule has 0 amide bonds. The van der Waals surface area contributed by atoms with Crippen LogP contribution >= 0.6 is 11.6 Å². The summed E-state index contributed by atoms with van der Waals surface area (Å²) in [6, 6.07) is 11.6. The number of hydrogen-bond acceptors (Lipinski definition) is 4. The molecule has 162 valence electrons. The molecular weight excluding hydrogens is 442 g/mol. The number of pyridine rings is 1. The van der Waals surface area contributed by atoms with Crippen molar-refractivity contribution in [2.45, 2.75) is 6.42 Å². The van der Waals surface area contributed by atoms with Crippen LogP contribution in [0.25, 0.3) is 22.2 Å². The number of fused-ring (bicyclic) bond motifs is 1. The van der Waals surface area contributed by atoms with Gasteiger partial charge >= 0.3 is 11.9 Å². The van der Waals surface area contributed by atoms with Gasteiger partial charge in [0, 0.05) is 23.6 Å². The smallest absolute Gasteiger partial charge is 0.356 e. The highest BCUT2D eigenvalue weighted by molar-refractivity contribution is 6.31. The summed E-state index contributed by atoms with van der Waals surface area (Å²) in [5.74, 6) is -3.31. The van der Waals surface area contributed by atoms with Crippen molar-refractivity contribution in [2.24, 2.45) is 0 Å². The van der Waals surface area contributed by atoms with Gasteiger partial charge in [-0.1, -0.05) is 23.7 Å². The Morgan fingerprint density at radius 2 is 1.94 bits per heavy atom. The van der Waals surface area contributed by atoms with Crippen molar-refractivity contribution >= 4 is 34.4 Å². The molecule has 0 radical (unpaired) electrons. The highest BCUT2D eigenvalue weighted by Gasteiger charge is 2.17. The van der Waals surface area contributed by atoms with E-state index in [1.165, 1.54) is 6.07 Å². The van der Waals surface area contributed by atoms with Crippen molar-refractivity contribution < 1.29 is 28.2 Å². The van der Waals surface area contributed by atoms with Crippen LogP contribution < -0.4 is 0 Å².